The number of aromatic nitrogens is 1. The molecule has 0 amide bonds. The maximum Gasteiger partial charge on any atom is 0.338 e. The fourth-order valence-corrected chi connectivity index (χ4v) is 5.16. The van der Waals surface area contributed by atoms with Gasteiger partial charge in [-0.1, -0.05) is 6.07 Å². The van der Waals surface area contributed by atoms with E-state index in [1.807, 2.05) is 0 Å². The van der Waals surface area contributed by atoms with Crippen molar-refractivity contribution in [1.29, 1.82) is 0 Å². The third kappa shape index (κ3) is 4.26. The number of halogens is 3. The number of thiazole rings is 1. The summed E-state index contributed by atoms with van der Waals surface area (Å²) in [6.45, 7) is 0.0993. The Morgan fingerprint density at radius 2 is 2.03 bits per heavy atom. The SMILES string of the molecule is CNS(=O)(=O)N[C@H]1CC2=C(C(=O)OC)[C@H](c3ccc(F)c(F)c3F)N=C(c3nccs3)N2C1. The minimum absolute atomic E-state index is 0.0392. The largest absolute Gasteiger partial charge is 0.466 e. The summed E-state index contributed by atoms with van der Waals surface area (Å²) in [5.74, 6) is -5.17. The van der Waals surface area contributed by atoms with E-state index in [0.29, 0.717) is 10.7 Å². The van der Waals surface area contributed by atoms with Gasteiger partial charge in [0, 0.05) is 48.9 Å². The Labute approximate surface area is 191 Å². The number of carbonyl (C=O) groups is 1. The number of hydrogen-bond donors (Lipinski definition) is 2. The molecular formula is C19H18F3N5O4S2. The van der Waals surface area contributed by atoms with Crippen LogP contribution in [0.1, 0.15) is 23.0 Å². The van der Waals surface area contributed by atoms with Gasteiger partial charge in [-0.15, -0.1) is 11.3 Å². The normalized spacial score (nSPS) is 20.6. The Hall–Kier alpha value is -2.81. The number of nitrogens with zero attached hydrogens (tertiary/aromatic N) is 3. The summed E-state index contributed by atoms with van der Waals surface area (Å²) < 4.78 is 75.9. The number of aliphatic imine (C=N–C) groups is 1. The second kappa shape index (κ2) is 8.85. The fourth-order valence-electron chi connectivity index (χ4n) is 3.80. The monoisotopic (exact) mass is 501 g/mol. The van der Waals surface area contributed by atoms with Gasteiger partial charge in [-0.05, 0) is 6.07 Å². The van der Waals surface area contributed by atoms with Crippen molar-refractivity contribution < 1.29 is 31.1 Å². The van der Waals surface area contributed by atoms with Crippen molar-refractivity contribution in [2.45, 2.75) is 18.5 Å². The third-order valence-corrected chi connectivity index (χ3v) is 7.19. The average molecular weight is 502 g/mol. The predicted octanol–water partition coefficient (Wildman–Crippen LogP) is 1.62. The van der Waals surface area contributed by atoms with Gasteiger partial charge in [0.1, 0.15) is 6.04 Å². The zero-order valence-corrected chi connectivity index (χ0v) is 18.9. The van der Waals surface area contributed by atoms with E-state index >= 15 is 0 Å². The number of fused-ring (bicyclic) bond motifs is 1. The van der Waals surface area contributed by atoms with Crippen molar-refractivity contribution in [2.24, 2.45) is 4.99 Å². The zero-order valence-electron chi connectivity index (χ0n) is 17.3. The summed E-state index contributed by atoms with van der Waals surface area (Å²) in [7, 11) is -1.45. The van der Waals surface area contributed by atoms with E-state index in [4.69, 9.17) is 4.74 Å². The van der Waals surface area contributed by atoms with E-state index in [1.165, 1.54) is 24.6 Å². The van der Waals surface area contributed by atoms with Crippen LogP contribution in [0.15, 0.2) is 40.0 Å². The molecule has 2 aromatic rings. The Kier molecular flexibility index (Phi) is 6.26. The van der Waals surface area contributed by atoms with E-state index in [1.54, 1.807) is 10.3 Å². The number of esters is 1. The molecule has 1 aromatic carbocycles. The first-order valence-electron chi connectivity index (χ1n) is 9.57. The lowest BCUT2D eigenvalue weighted by molar-refractivity contribution is -0.136. The van der Waals surface area contributed by atoms with E-state index in [-0.39, 0.29) is 29.9 Å². The number of rotatable bonds is 6. The molecule has 3 heterocycles. The molecular weight excluding hydrogens is 483 g/mol. The molecule has 176 valence electrons. The van der Waals surface area contributed by atoms with Crippen LogP contribution in [0.2, 0.25) is 0 Å². The summed E-state index contributed by atoms with van der Waals surface area (Å²) in [5, 5.41) is 2.10. The molecule has 1 aromatic heterocycles. The number of nitrogens with one attached hydrogen (secondary N) is 2. The summed E-state index contributed by atoms with van der Waals surface area (Å²) in [6, 6.07) is -0.277. The van der Waals surface area contributed by atoms with Crippen molar-refractivity contribution in [2.75, 3.05) is 20.7 Å². The molecule has 1 saturated heterocycles. The topological polar surface area (TPSA) is 113 Å². The molecule has 0 spiro atoms. The lowest BCUT2D eigenvalue weighted by Crippen LogP contribution is -2.43. The molecule has 2 N–H and O–H groups in total. The highest BCUT2D eigenvalue weighted by atomic mass is 32.2. The second-order valence-corrected chi connectivity index (χ2v) is 9.69. The summed E-state index contributed by atoms with van der Waals surface area (Å²) in [4.78, 5) is 23.1. The van der Waals surface area contributed by atoms with Crippen molar-refractivity contribution >= 4 is 33.4 Å². The number of amidine groups is 1. The van der Waals surface area contributed by atoms with Gasteiger partial charge in [0.15, 0.2) is 28.3 Å². The van der Waals surface area contributed by atoms with Crippen LogP contribution in [0.3, 0.4) is 0 Å². The molecule has 9 nitrogen and oxygen atoms in total. The minimum atomic E-state index is -3.81. The van der Waals surface area contributed by atoms with Gasteiger partial charge >= 0.3 is 5.97 Å². The molecule has 2 atom stereocenters. The zero-order chi connectivity index (χ0) is 23.9. The van der Waals surface area contributed by atoms with Gasteiger partial charge in [-0.3, -0.25) is 4.99 Å². The number of hydrogen-bond acceptors (Lipinski definition) is 8. The smallest absolute Gasteiger partial charge is 0.338 e. The van der Waals surface area contributed by atoms with Gasteiger partial charge in [-0.25, -0.2) is 27.7 Å². The van der Waals surface area contributed by atoms with Crippen LogP contribution < -0.4 is 9.44 Å². The van der Waals surface area contributed by atoms with Gasteiger partial charge in [0.2, 0.25) is 0 Å². The molecule has 0 bridgehead atoms. The molecule has 0 aliphatic carbocycles. The average Bonchev–Trinajstić information content (AvgIpc) is 3.46. The number of ether oxygens (including phenoxy) is 1. The molecule has 2 aliphatic rings. The van der Waals surface area contributed by atoms with Crippen LogP contribution in [-0.4, -0.2) is 56.9 Å². The third-order valence-electron chi connectivity index (χ3n) is 5.24. The van der Waals surface area contributed by atoms with E-state index < -0.39 is 45.7 Å². The second-order valence-electron chi connectivity index (χ2n) is 7.15. The Bertz CT molecular complexity index is 1260. The predicted molar refractivity (Wildman–Crippen MR) is 113 cm³/mol. The highest BCUT2D eigenvalue weighted by Gasteiger charge is 2.43. The first-order chi connectivity index (χ1) is 15.7. The molecule has 0 saturated carbocycles. The van der Waals surface area contributed by atoms with Gasteiger partial charge in [-0.2, -0.15) is 13.1 Å². The standard InChI is InChI=1S/C19H18F3N5O4S2/c1-23-33(29,30)26-9-7-12-13(19(28)31-2)16(10-3-4-11(20)15(22)14(10)21)25-17(27(12)8-9)18-24-5-6-32-18/h3-6,9,16,23,26H,7-8H2,1-2H3/t9-,16-/m0/s1. The Morgan fingerprint density at radius 1 is 1.27 bits per heavy atom. The minimum Gasteiger partial charge on any atom is -0.466 e. The summed E-state index contributed by atoms with van der Waals surface area (Å²) in [6.07, 6.45) is 1.56. The van der Waals surface area contributed by atoms with Crippen LogP contribution in [0.5, 0.6) is 0 Å². The van der Waals surface area contributed by atoms with Crippen molar-refractivity contribution in [1.82, 2.24) is 19.3 Å². The Balaban J connectivity index is 1.90. The van der Waals surface area contributed by atoms with Crippen molar-refractivity contribution in [3.05, 3.63) is 63.0 Å². The maximum atomic E-state index is 14.8. The highest BCUT2D eigenvalue weighted by molar-refractivity contribution is 7.87. The molecule has 1 fully saturated rings. The first-order valence-corrected chi connectivity index (χ1v) is 11.9. The lowest BCUT2D eigenvalue weighted by Gasteiger charge is -2.31. The lowest BCUT2D eigenvalue weighted by atomic mass is 9.94. The maximum absolute atomic E-state index is 14.8. The van der Waals surface area contributed by atoms with Crippen LogP contribution in [0.25, 0.3) is 0 Å². The number of methoxy groups -OCH3 is 1. The number of carbonyl (C=O) groups excluding carboxylic acids is 1. The number of benzene rings is 1. The van der Waals surface area contributed by atoms with Crippen molar-refractivity contribution in [3.63, 3.8) is 0 Å². The van der Waals surface area contributed by atoms with Crippen molar-refractivity contribution in [3.8, 4) is 0 Å². The molecule has 0 radical (unpaired) electrons. The molecule has 33 heavy (non-hydrogen) atoms. The Morgan fingerprint density at radius 3 is 2.67 bits per heavy atom. The van der Waals surface area contributed by atoms with E-state index in [2.05, 4.69) is 19.4 Å². The van der Waals surface area contributed by atoms with Gasteiger partial charge in [0.25, 0.3) is 10.2 Å². The van der Waals surface area contributed by atoms with Crippen LogP contribution in [0.4, 0.5) is 13.2 Å². The molecule has 0 unspecified atom stereocenters. The fraction of sp³-hybridized carbons (Fsp3) is 0.316. The molecule has 4 rings (SSSR count). The van der Waals surface area contributed by atoms with E-state index in [0.717, 1.165) is 19.2 Å². The van der Waals surface area contributed by atoms with Crippen LogP contribution >= 0.6 is 11.3 Å². The van der Waals surface area contributed by atoms with Crippen LogP contribution in [-0.2, 0) is 19.7 Å². The summed E-state index contributed by atoms with van der Waals surface area (Å²) in [5.41, 5.74) is -0.149. The highest BCUT2D eigenvalue weighted by Crippen LogP contribution is 2.41. The van der Waals surface area contributed by atoms with Gasteiger partial charge < -0.3 is 9.64 Å². The quantitative estimate of drug-likeness (QED) is 0.460. The molecule has 14 heteroatoms. The first kappa shape index (κ1) is 23.4. The van der Waals surface area contributed by atoms with E-state index in [9.17, 15) is 26.4 Å². The van der Waals surface area contributed by atoms with Gasteiger partial charge in [0.05, 0.1) is 12.7 Å². The molecule has 2 aliphatic heterocycles. The summed E-state index contributed by atoms with van der Waals surface area (Å²) >= 11 is 1.22. The van der Waals surface area contributed by atoms with Crippen LogP contribution in [0, 0.1) is 17.5 Å².